The van der Waals surface area contributed by atoms with Crippen LogP contribution in [-0.2, 0) is 24.1 Å². The smallest absolute Gasteiger partial charge is 0.305 e. The third-order valence-electron chi connectivity index (χ3n) is 8.97. The van der Waals surface area contributed by atoms with Crippen molar-refractivity contribution in [1.82, 2.24) is 20.1 Å². The first kappa shape index (κ1) is 31.9. The van der Waals surface area contributed by atoms with Crippen molar-refractivity contribution in [2.24, 2.45) is 0 Å². The highest BCUT2D eigenvalue weighted by molar-refractivity contribution is 7.16. The second-order valence-corrected chi connectivity index (χ2v) is 14.2. The standard InChI is InChI=1S/C34H42N4O5S2/c1-2-4-26-18-25(21-44-26)32(41)38-15-16-43-34(22-38)10-13-37(14-11-34)20-24-6-3-5-23(17-24)9-12-35-19-29(40)27-7-8-28(39)30-31(27)45-33(42)36-30/h3,5-8,17-18,21,29,35,39-40H,2,4,9-16,19-20,22H2,1H3,(H,36,42)/t29-/m0/s1. The lowest BCUT2D eigenvalue weighted by Crippen LogP contribution is -2.57. The molecule has 0 unspecified atom stereocenters. The first-order valence-corrected chi connectivity index (χ1v) is 17.6. The van der Waals surface area contributed by atoms with Crippen LogP contribution in [0.4, 0.5) is 0 Å². The van der Waals surface area contributed by atoms with E-state index in [1.54, 1.807) is 17.4 Å². The molecule has 11 heteroatoms. The summed E-state index contributed by atoms with van der Waals surface area (Å²) in [5.74, 6) is 0.142. The van der Waals surface area contributed by atoms with E-state index in [-0.39, 0.29) is 22.1 Å². The van der Waals surface area contributed by atoms with Gasteiger partial charge in [0.2, 0.25) is 0 Å². The summed E-state index contributed by atoms with van der Waals surface area (Å²) in [5, 5.41) is 26.1. The summed E-state index contributed by atoms with van der Waals surface area (Å²) in [6, 6.07) is 13.9. The molecule has 2 aliphatic rings. The Labute approximate surface area is 271 Å². The van der Waals surface area contributed by atoms with Gasteiger partial charge in [0.25, 0.3) is 5.91 Å². The molecule has 45 heavy (non-hydrogen) atoms. The van der Waals surface area contributed by atoms with E-state index in [4.69, 9.17) is 4.74 Å². The van der Waals surface area contributed by atoms with Crippen molar-refractivity contribution in [2.45, 2.75) is 57.3 Å². The maximum absolute atomic E-state index is 13.3. The lowest BCUT2D eigenvalue weighted by molar-refractivity contribution is -0.127. The van der Waals surface area contributed by atoms with Gasteiger partial charge in [-0.1, -0.05) is 55.0 Å². The highest BCUT2D eigenvalue weighted by atomic mass is 32.1. The first-order chi connectivity index (χ1) is 21.8. The minimum Gasteiger partial charge on any atom is -0.506 e. The average molecular weight is 651 g/mol. The molecule has 4 heterocycles. The van der Waals surface area contributed by atoms with Crippen LogP contribution in [0, 0.1) is 0 Å². The van der Waals surface area contributed by atoms with Crippen LogP contribution >= 0.6 is 22.7 Å². The van der Waals surface area contributed by atoms with Crippen LogP contribution in [0.5, 0.6) is 5.75 Å². The molecule has 240 valence electrons. The monoisotopic (exact) mass is 650 g/mol. The number of aliphatic hydroxyl groups excluding tert-OH is 1. The zero-order chi connectivity index (χ0) is 31.4. The number of H-pyrrole nitrogens is 1. The minimum atomic E-state index is -0.791. The number of aromatic amines is 1. The number of aromatic hydroxyl groups is 1. The quantitative estimate of drug-likeness (QED) is 0.174. The molecule has 0 bridgehead atoms. The maximum Gasteiger partial charge on any atom is 0.305 e. The molecular formula is C34H42N4O5S2. The Morgan fingerprint density at radius 3 is 2.78 bits per heavy atom. The maximum atomic E-state index is 13.3. The Balaban J connectivity index is 0.963. The Kier molecular flexibility index (Phi) is 10.0. The zero-order valence-electron chi connectivity index (χ0n) is 25.7. The molecule has 0 saturated carbocycles. The number of fused-ring (bicyclic) bond motifs is 1. The number of nitrogens with zero attached hydrogens (tertiary/aromatic N) is 2. The number of likely N-dealkylation sites (tertiary alicyclic amines) is 1. The van der Waals surface area contributed by atoms with Gasteiger partial charge in [-0.3, -0.25) is 14.5 Å². The highest BCUT2D eigenvalue weighted by Crippen LogP contribution is 2.33. The summed E-state index contributed by atoms with van der Waals surface area (Å²) in [6.45, 7) is 7.88. The summed E-state index contributed by atoms with van der Waals surface area (Å²) in [5.41, 5.74) is 4.08. The molecule has 1 amide bonds. The number of thiophene rings is 1. The number of hydrogen-bond donors (Lipinski definition) is 4. The second-order valence-electron chi connectivity index (χ2n) is 12.3. The molecule has 2 aromatic carbocycles. The number of aryl methyl sites for hydroxylation is 1. The normalized spacial score (nSPS) is 17.7. The number of ether oxygens (including phenoxy) is 1. The van der Waals surface area contributed by atoms with E-state index in [9.17, 15) is 19.8 Å². The van der Waals surface area contributed by atoms with Crippen molar-refractivity contribution in [3.8, 4) is 5.75 Å². The van der Waals surface area contributed by atoms with Gasteiger partial charge in [0.15, 0.2) is 0 Å². The van der Waals surface area contributed by atoms with Gasteiger partial charge in [0.05, 0.1) is 35.1 Å². The topological polar surface area (TPSA) is 118 Å². The van der Waals surface area contributed by atoms with Crippen LogP contribution in [-0.4, -0.2) is 82.4 Å². The molecule has 2 saturated heterocycles. The molecule has 0 radical (unpaired) electrons. The van der Waals surface area contributed by atoms with Gasteiger partial charge < -0.3 is 30.2 Å². The molecule has 9 nitrogen and oxygen atoms in total. The Morgan fingerprint density at radius 1 is 1.13 bits per heavy atom. The van der Waals surface area contributed by atoms with Crippen molar-refractivity contribution in [1.29, 1.82) is 0 Å². The van der Waals surface area contributed by atoms with E-state index >= 15 is 0 Å². The van der Waals surface area contributed by atoms with E-state index in [2.05, 4.69) is 52.5 Å². The fourth-order valence-electron chi connectivity index (χ4n) is 6.52. The molecule has 1 spiro atoms. The van der Waals surface area contributed by atoms with Crippen molar-refractivity contribution in [2.75, 3.05) is 45.9 Å². The third kappa shape index (κ3) is 7.51. The number of thiazole rings is 1. The molecule has 4 N–H and O–H groups in total. The van der Waals surface area contributed by atoms with Crippen molar-refractivity contribution >= 4 is 38.8 Å². The Morgan fingerprint density at radius 2 is 1.96 bits per heavy atom. The number of aliphatic hydroxyl groups is 1. The number of nitrogens with one attached hydrogen (secondary N) is 2. The number of rotatable bonds is 11. The molecule has 2 aliphatic heterocycles. The first-order valence-electron chi connectivity index (χ1n) is 15.9. The van der Waals surface area contributed by atoms with E-state index in [0.717, 1.165) is 68.6 Å². The third-order valence-corrected chi connectivity index (χ3v) is 10.9. The molecule has 6 rings (SSSR count). The van der Waals surface area contributed by atoms with Crippen LogP contribution in [0.15, 0.2) is 52.6 Å². The van der Waals surface area contributed by atoms with Crippen molar-refractivity contribution < 1.29 is 19.7 Å². The Hall–Kier alpha value is -3.06. The van der Waals surface area contributed by atoms with Gasteiger partial charge in [-0.25, -0.2) is 0 Å². The van der Waals surface area contributed by atoms with E-state index in [1.165, 1.54) is 22.1 Å². The highest BCUT2D eigenvalue weighted by Gasteiger charge is 2.41. The van der Waals surface area contributed by atoms with Crippen LogP contribution in [0.25, 0.3) is 10.2 Å². The average Bonchev–Trinajstić information content (AvgIpc) is 3.68. The molecule has 1 atom stereocenters. The fraction of sp³-hybridized carbons (Fsp3) is 0.471. The summed E-state index contributed by atoms with van der Waals surface area (Å²) in [7, 11) is 0. The van der Waals surface area contributed by atoms with Crippen LogP contribution in [0.3, 0.4) is 0 Å². The number of benzene rings is 2. The van der Waals surface area contributed by atoms with Gasteiger partial charge in [0, 0.05) is 48.5 Å². The molecular weight excluding hydrogens is 609 g/mol. The van der Waals surface area contributed by atoms with Crippen LogP contribution < -0.4 is 10.2 Å². The van der Waals surface area contributed by atoms with Crippen molar-refractivity contribution in [3.63, 3.8) is 0 Å². The van der Waals surface area contributed by atoms with Crippen LogP contribution in [0.1, 0.15) is 64.2 Å². The Bertz CT molecular complexity index is 1670. The summed E-state index contributed by atoms with van der Waals surface area (Å²) in [6.07, 6.45) is 3.98. The van der Waals surface area contributed by atoms with E-state index in [1.807, 2.05) is 10.3 Å². The van der Waals surface area contributed by atoms with E-state index < -0.39 is 6.10 Å². The van der Waals surface area contributed by atoms with Gasteiger partial charge in [-0.2, -0.15) is 0 Å². The predicted molar refractivity (Wildman–Crippen MR) is 179 cm³/mol. The zero-order valence-corrected chi connectivity index (χ0v) is 27.4. The minimum absolute atomic E-state index is 0.00667. The molecule has 2 aromatic heterocycles. The molecule has 2 fully saturated rings. The van der Waals surface area contributed by atoms with E-state index in [0.29, 0.717) is 48.6 Å². The number of carbonyl (C=O) groups is 1. The lowest BCUT2D eigenvalue weighted by atomic mass is 9.89. The number of phenolic OH excluding ortho intramolecular Hbond substituents is 1. The summed E-state index contributed by atoms with van der Waals surface area (Å²) < 4.78 is 6.93. The van der Waals surface area contributed by atoms with Crippen LogP contribution in [0.2, 0.25) is 0 Å². The van der Waals surface area contributed by atoms with Crippen molar-refractivity contribution in [3.05, 3.63) is 84.6 Å². The fourth-order valence-corrected chi connectivity index (χ4v) is 8.40. The van der Waals surface area contributed by atoms with Gasteiger partial charge in [0.1, 0.15) is 11.3 Å². The summed E-state index contributed by atoms with van der Waals surface area (Å²) in [4.78, 5) is 33.2. The number of amides is 1. The summed E-state index contributed by atoms with van der Waals surface area (Å²) >= 11 is 2.68. The lowest BCUT2D eigenvalue weighted by Gasteiger charge is -2.47. The number of piperidine rings is 1. The SMILES string of the molecule is CCCc1cc(C(=O)N2CCOC3(CCN(Cc4cccc(CCNC[C@H](O)c5ccc(O)c6[nH]c(=O)sc56)c4)CC3)C2)cs1. The van der Waals surface area contributed by atoms with Gasteiger partial charge in [-0.15, -0.1) is 11.3 Å². The largest absolute Gasteiger partial charge is 0.506 e. The number of morpholine rings is 1. The van der Waals surface area contributed by atoms with Gasteiger partial charge in [-0.05, 0) is 55.5 Å². The second kappa shape index (κ2) is 14.1. The predicted octanol–water partition coefficient (Wildman–Crippen LogP) is 4.68. The molecule has 0 aliphatic carbocycles. The molecule has 4 aromatic rings. The number of phenols is 1. The number of hydrogen-bond acceptors (Lipinski definition) is 9. The number of carbonyl (C=O) groups excluding carboxylic acids is 1. The number of aromatic nitrogens is 1. The van der Waals surface area contributed by atoms with Gasteiger partial charge >= 0.3 is 4.87 Å².